The van der Waals surface area contributed by atoms with Gasteiger partial charge in [0.05, 0.1) is 29.4 Å². The lowest BCUT2D eigenvalue weighted by Gasteiger charge is -2.08. The average molecular weight is 393 g/mol. The van der Waals surface area contributed by atoms with Crippen LogP contribution in [0.3, 0.4) is 0 Å². The number of esters is 1. The van der Waals surface area contributed by atoms with Gasteiger partial charge in [-0.3, -0.25) is 14.2 Å². The number of hydrogen-bond acceptors (Lipinski definition) is 5. The lowest BCUT2D eigenvalue weighted by Crippen LogP contribution is -2.23. The van der Waals surface area contributed by atoms with Crippen molar-refractivity contribution in [1.82, 2.24) is 9.55 Å². The maximum absolute atomic E-state index is 12.4. The Balaban J connectivity index is 1.55. The normalized spacial score (nSPS) is 10.7. The molecule has 1 amide bonds. The maximum Gasteiger partial charge on any atom is 0.338 e. The number of ether oxygens (including phenoxy) is 1. The molecule has 0 radical (unpaired) electrons. The molecule has 0 saturated heterocycles. The highest BCUT2D eigenvalue weighted by Gasteiger charge is 2.09. The van der Waals surface area contributed by atoms with Crippen molar-refractivity contribution < 1.29 is 14.3 Å². The Morgan fingerprint density at radius 1 is 1.10 bits per heavy atom. The molecule has 3 rings (SSSR count). The van der Waals surface area contributed by atoms with Crippen LogP contribution in [0.2, 0.25) is 0 Å². The minimum Gasteiger partial charge on any atom is -0.462 e. The van der Waals surface area contributed by atoms with Gasteiger partial charge in [-0.05, 0) is 42.8 Å². The minimum atomic E-state index is -0.375. The quantitative estimate of drug-likeness (QED) is 0.468. The summed E-state index contributed by atoms with van der Waals surface area (Å²) in [5, 5.41) is 3.29. The van der Waals surface area contributed by atoms with Gasteiger partial charge in [-0.25, -0.2) is 9.78 Å². The van der Waals surface area contributed by atoms with Crippen LogP contribution in [0.1, 0.15) is 36.5 Å². The van der Waals surface area contributed by atoms with Crippen molar-refractivity contribution in [2.75, 3.05) is 11.9 Å². The van der Waals surface area contributed by atoms with E-state index in [0.717, 1.165) is 12.8 Å². The number of aryl methyl sites for hydroxylation is 1. The van der Waals surface area contributed by atoms with E-state index in [1.807, 2.05) is 13.0 Å². The largest absolute Gasteiger partial charge is 0.462 e. The van der Waals surface area contributed by atoms with E-state index in [9.17, 15) is 14.4 Å². The number of hydrogen-bond donors (Lipinski definition) is 1. The number of para-hydroxylation sites is 1. The fourth-order valence-corrected chi connectivity index (χ4v) is 2.79. The third-order valence-electron chi connectivity index (χ3n) is 4.45. The van der Waals surface area contributed by atoms with Crippen LogP contribution in [0.15, 0.2) is 59.7 Å². The molecule has 7 nitrogen and oxygen atoms in total. The molecule has 29 heavy (non-hydrogen) atoms. The van der Waals surface area contributed by atoms with Gasteiger partial charge in [0.25, 0.3) is 5.56 Å². The van der Waals surface area contributed by atoms with Crippen molar-refractivity contribution in [1.29, 1.82) is 0 Å². The molecular formula is C22H23N3O4. The molecule has 0 unspecified atom stereocenters. The highest BCUT2D eigenvalue weighted by Crippen LogP contribution is 2.12. The number of fused-ring (bicyclic) bond motifs is 1. The Hall–Kier alpha value is -3.48. The summed E-state index contributed by atoms with van der Waals surface area (Å²) in [6.07, 6.45) is 3.37. The molecule has 0 saturated carbocycles. The van der Waals surface area contributed by atoms with Gasteiger partial charge in [0, 0.05) is 18.7 Å². The third kappa shape index (κ3) is 5.28. The minimum absolute atomic E-state index is 0.126. The van der Waals surface area contributed by atoms with Crippen molar-refractivity contribution in [2.24, 2.45) is 0 Å². The fourth-order valence-electron chi connectivity index (χ4n) is 2.79. The van der Waals surface area contributed by atoms with Crippen molar-refractivity contribution >= 4 is 28.5 Å². The van der Waals surface area contributed by atoms with E-state index in [4.69, 9.17) is 4.74 Å². The Kier molecular flexibility index (Phi) is 6.73. The summed E-state index contributed by atoms with van der Waals surface area (Å²) in [4.78, 5) is 40.8. The van der Waals surface area contributed by atoms with Gasteiger partial charge in [-0.2, -0.15) is 0 Å². The van der Waals surface area contributed by atoms with E-state index in [-0.39, 0.29) is 30.4 Å². The molecule has 0 atom stereocenters. The molecule has 0 bridgehead atoms. The third-order valence-corrected chi connectivity index (χ3v) is 4.45. The predicted molar refractivity (Wildman–Crippen MR) is 111 cm³/mol. The Bertz CT molecular complexity index is 1060. The monoisotopic (exact) mass is 393 g/mol. The number of carbonyl (C=O) groups is 2. The van der Waals surface area contributed by atoms with Gasteiger partial charge in [-0.15, -0.1) is 0 Å². The topological polar surface area (TPSA) is 90.3 Å². The number of benzene rings is 2. The van der Waals surface area contributed by atoms with Gasteiger partial charge < -0.3 is 10.1 Å². The van der Waals surface area contributed by atoms with Crippen molar-refractivity contribution in [3.63, 3.8) is 0 Å². The Morgan fingerprint density at radius 3 is 2.62 bits per heavy atom. The summed E-state index contributed by atoms with van der Waals surface area (Å²) in [6, 6.07) is 13.6. The van der Waals surface area contributed by atoms with Gasteiger partial charge in [-0.1, -0.05) is 25.5 Å². The molecular weight excluding hydrogens is 370 g/mol. The zero-order valence-electron chi connectivity index (χ0n) is 16.3. The van der Waals surface area contributed by atoms with E-state index in [1.54, 1.807) is 42.5 Å². The molecule has 1 heterocycles. The predicted octanol–water partition coefficient (Wildman–Crippen LogP) is 3.38. The first-order chi connectivity index (χ1) is 14.1. The standard InChI is InChI=1S/C22H23N3O4/c1-2-3-14-29-22(28)16-8-10-17(11-9-16)24-20(26)12-13-25-15-23-19-7-5-4-6-18(19)21(25)27/h4-11,15H,2-3,12-14H2,1H3,(H,24,26). The number of nitrogens with zero attached hydrogens (tertiary/aromatic N) is 2. The maximum atomic E-state index is 12.4. The number of aromatic nitrogens is 2. The van der Waals surface area contributed by atoms with E-state index in [2.05, 4.69) is 10.3 Å². The van der Waals surface area contributed by atoms with Crippen LogP contribution in [0.5, 0.6) is 0 Å². The molecule has 0 fully saturated rings. The zero-order valence-corrected chi connectivity index (χ0v) is 16.3. The van der Waals surface area contributed by atoms with Crippen molar-refractivity contribution in [3.8, 4) is 0 Å². The molecule has 0 spiro atoms. The number of rotatable bonds is 8. The molecule has 1 aromatic heterocycles. The molecule has 0 aliphatic heterocycles. The first-order valence-electron chi connectivity index (χ1n) is 9.59. The van der Waals surface area contributed by atoms with Gasteiger partial charge in [0.15, 0.2) is 0 Å². The van der Waals surface area contributed by atoms with Crippen molar-refractivity contribution in [3.05, 3.63) is 70.8 Å². The van der Waals surface area contributed by atoms with Gasteiger partial charge in [0.2, 0.25) is 5.91 Å². The summed E-state index contributed by atoms with van der Waals surface area (Å²) < 4.78 is 6.58. The van der Waals surface area contributed by atoms with E-state index < -0.39 is 0 Å². The lowest BCUT2D eigenvalue weighted by molar-refractivity contribution is -0.116. The van der Waals surface area contributed by atoms with Crippen LogP contribution in [0, 0.1) is 0 Å². The van der Waals surface area contributed by atoms with Crippen LogP contribution in [0.25, 0.3) is 10.9 Å². The Morgan fingerprint density at radius 2 is 1.86 bits per heavy atom. The molecule has 1 N–H and O–H groups in total. The Labute approximate surface area is 168 Å². The second-order valence-electron chi connectivity index (χ2n) is 6.63. The van der Waals surface area contributed by atoms with Crippen LogP contribution < -0.4 is 10.9 Å². The number of anilines is 1. The smallest absolute Gasteiger partial charge is 0.338 e. The second-order valence-corrected chi connectivity index (χ2v) is 6.63. The lowest BCUT2D eigenvalue weighted by atomic mass is 10.2. The molecule has 2 aromatic carbocycles. The summed E-state index contributed by atoms with van der Waals surface area (Å²) in [6.45, 7) is 2.65. The summed E-state index contributed by atoms with van der Waals surface area (Å²) in [5.41, 5.74) is 1.47. The first-order valence-corrected chi connectivity index (χ1v) is 9.59. The van der Waals surface area contributed by atoms with E-state index in [1.165, 1.54) is 10.9 Å². The van der Waals surface area contributed by atoms with E-state index >= 15 is 0 Å². The van der Waals surface area contributed by atoms with Crippen LogP contribution in [-0.4, -0.2) is 28.0 Å². The van der Waals surface area contributed by atoms with Crippen molar-refractivity contribution in [2.45, 2.75) is 32.7 Å². The number of unbranched alkanes of at least 4 members (excludes halogenated alkanes) is 1. The first kappa shape index (κ1) is 20.3. The van der Waals surface area contributed by atoms with Gasteiger partial charge >= 0.3 is 5.97 Å². The fraction of sp³-hybridized carbons (Fsp3) is 0.273. The molecule has 3 aromatic rings. The van der Waals surface area contributed by atoms with Crippen LogP contribution in [0.4, 0.5) is 5.69 Å². The van der Waals surface area contributed by atoms with E-state index in [0.29, 0.717) is 28.8 Å². The summed E-state index contributed by atoms with van der Waals surface area (Å²) >= 11 is 0. The molecule has 0 aliphatic carbocycles. The zero-order chi connectivity index (χ0) is 20.6. The SMILES string of the molecule is CCCCOC(=O)c1ccc(NC(=O)CCn2cnc3ccccc3c2=O)cc1. The molecule has 150 valence electrons. The number of carbonyl (C=O) groups excluding carboxylic acids is 2. The highest BCUT2D eigenvalue weighted by atomic mass is 16.5. The number of nitrogens with one attached hydrogen (secondary N) is 1. The average Bonchev–Trinajstić information content (AvgIpc) is 2.74. The highest BCUT2D eigenvalue weighted by molar-refractivity contribution is 5.93. The second kappa shape index (κ2) is 9.64. The summed E-state index contributed by atoms with van der Waals surface area (Å²) in [5.74, 6) is -0.608. The van der Waals surface area contributed by atoms with Gasteiger partial charge in [0.1, 0.15) is 0 Å². The number of amides is 1. The van der Waals surface area contributed by atoms with Crippen LogP contribution in [-0.2, 0) is 16.1 Å². The van der Waals surface area contributed by atoms with Crippen LogP contribution >= 0.6 is 0 Å². The molecule has 0 aliphatic rings. The summed E-state index contributed by atoms with van der Waals surface area (Å²) in [7, 11) is 0. The molecule has 7 heteroatoms.